The smallest absolute Gasteiger partial charge is 0.0803 e. The van der Waals surface area contributed by atoms with Crippen LogP contribution in [0.25, 0.3) is 33.6 Å². The van der Waals surface area contributed by atoms with Crippen LogP contribution in [0.15, 0.2) is 91.3 Å². The normalized spacial score (nSPS) is 14.7. The summed E-state index contributed by atoms with van der Waals surface area (Å²) in [6.07, 6.45) is 16.1. The molecular weight excluding hydrogens is 805 g/mol. The van der Waals surface area contributed by atoms with Gasteiger partial charge in [-0.25, -0.2) is 0 Å². The first-order valence-corrected chi connectivity index (χ1v) is 25.1. The summed E-state index contributed by atoms with van der Waals surface area (Å²) in [5.74, 6) is 0.880. The van der Waals surface area contributed by atoms with Gasteiger partial charge in [-0.05, 0) is 51.6 Å². The zero-order valence-corrected chi connectivity index (χ0v) is 34.7. The molecule has 2 aliphatic carbocycles. The Balaban J connectivity index is 0.000000190. The minimum atomic E-state index is -1.48. The number of aryl methyl sites for hydroxylation is 2. The largest absolute Gasteiger partial charge is 0.305 e. The molecule has 3 aromatic carbocycles. The van der Waals surface area contributed by atoms with Crippen molar-refractivity contribution in [2.75, 3.05) is 0 Å². The van der Waals surface area contributed by atoms with Gasteiger partial charge < -0.3 is 9.97 Å². The summed E-state index contributed by atoms with van der Waals surface area (Å²) in [7, 11) is -2.83. The standard InChI is InChI=1S/C24H26NSi.C20H26NSi.Ir/c1-26(2,3)24-17-25-23(16-22(24)19-10-5-4-6-11-19)21-14-13-18-9-7-8-12-20(18)15-21;1-22(2,3)20-15-21-19(17-11-5-4-6-12-17)14-18(20)13-16-9-7-8-10-16;/h4-6,10-11,13,15-17H,7-9,12H2,1-3H3;4-6,11,14-16H,7-10,13H2,1-3H3;/q2*-1;. The summed E-state index contributed by atoms with van der Waals surface area (Å²) in [5, 5.41) is 2.96. The predicted molar refractivity (Wildman–Crippen MR) is 211 cm³/mol. The maximum absolute atomic E-state index is 4.85. The van der Waals surface area contributed by atoms with Gasteiger partial charge in [-0.15, -0.1) is 70.8 Å². The summed E-state index contributed by atoms with van der Waals surface area (Å²) < 4.78 is 0. The van der Waals surface area contributed by atoms with Crippen molar-refractivity contribution in [1.82, 2.24) is 9.97 Å². The third-order valence-corrected chi connectivity index (χ3v) is 14.2. The number of hydrogen-bond donors (Lipinski definition) is 0. The van der Waals surface area contributed by atoms with Crippen LogP contribution < -0.4 is 10.4 Å². The van der Waals surface area contributed by atoms with E-state index in [9.17, 15) is 0 Å². The van der Waals surface area contributed by atoms with E-state index in [1.807, 2.05) is 12.1 Å². The summed E-state index contributed by atoms with van der Waals surface area (Å²) in [5.41, 5.74) is 11.5. The Morgan fingerprint density at radius 2 is 1.29 bits per heavy atom. The molecule has 7 rings (SSSR count). The molecule has 0 bridgehead atoms. The summed E-state index contributed by atoms with van der Waals surface area (Å²) >= 11 is 0. The monoisotopic (exact) mass is 857 g/mol. The van der Waals surface area contributed by atoms with Gasteiger partial charge in [0.05, 0.1) is 16.1 Å². The van der Waals surface area contributed by atoms with Gasteiger partial charge in [0.15, 0.2) is 0 Å². The van der Waals surface area contributed by atoms with Crippen LogP contribution in [0.3, 0.4) is 0 Å². The van der Waals surface area contributed by atoms with E-state index in [0.717, 1.165) is 28.4 Å². The van der Waals surface area contributed by atoms with Crippen molar-refractivity contribution in [2.45, 2.75) is 97.1 Å². The van der Waals surface area contributed by atoms with Crippen LogP contribution in [-0.4, -0.2) is 26.1 Å². The Kier molecular flexibility index (Phi) is 12.5. The van der Waals surface area contributed by atoms with Crippen LogP contribution in [0.4, 0.5) is 0 Å². The van der Waals surface area contributed by atoms with Crippen LogP contribution in [-0.2, 0) is 39.4 Å². The van der Waals surface area contributed by atoms with Crippen molar-refractivity contribution in [3.05, 3.63) is 120 Å². The molecule has 2 aromatic heterocycles. The third kappa shape index (κ3) is 9.44. The molecule has 49 heavy (non-hydrogen) atoms. The molecule has 0 amide bonds. The van der Waals surface area contributed by atoms with E-state index < -0.39 is 16.1 Å². The van der Waals surface area contributed by atoms with Crippen LogP contribution in [0.2, 0.25) is 39.3 Å². The van der Waals surface area contributed by atoms with E-state index in [1.165, 1.54) is 85.2 Å². The fourth-order valence-corrected chi connectivity index (χ4v) is 10.5. The molecule has 2 nitrogen and oxygen atoms in total. The zero-order chi connectivity index (χ0) is 33.7. The molecule has 0 aliphatic heterocycles. The molecule has 1 fully saturated rings. The number of aromatic nitrogens is 2. The average Bonchev–Trinajstić information content (AvgIpc) is 3.61. The molecular formula is C44H52IrN2Si2-2. The van der Waals surface area contributed by atoms with Gasteiger partial charge in [0.25, 0.3) is 0 Å². The molecule has 0 N–H and O–H groups in total. The second kappa shape index (κ2) is 16.4. The maximum atomic E-state index is 4.85. The van der Waals surface area contributed by atoms with E-state index in [1.54, 1.807) is 10.8 Å². The van der Waals surface area contributed by atoms with Gasteiger partial charge in [-0.3, -0.25) is 0 Å². The van der Waals surface area contributed by atoms with E-state index in [0.29, 0.717) is 0 Å². The average molecular weight is 857 g/mol. The Morgan fingerprint density at radius 3 is 1.94 bits per heavy atom. The molecule has 5 aromatic rings. The number of hydrogen-bond acceptors (Lipinski definition) is 2. The van der Waals surface area contributed by atoms with Crippen molar-refractivity contribution in [2.24, 2.45) is 5.92 Å². The molecule has 2 heterocycles. The number of benzene rings is 3. The van der Waals surface area contributed by atoms with Gasteiger partial charge >= 0.3 is 0 Å². The first kappa shape index (κ1) is 37.3. The number of nitrogens with zero attached hydrogens (tertiary/aromatic N) is 2. The molecule has 257 valence electrons. The quantitative estimate of drug-likeness (QED) is 0.120. The van der Waals surface area contributed by atoms with E-state index in [-0.39, 0.29) is 20.1 Å². The minimum absolute atomic E-state index is 0. The van der Waals surface area contributed by atoms with Gasteiger partial charge in [-0.2, -0.15) is 0 Å². The first-order valence-electron chi connectivity index (χ1n) is 18.1. The minimum Gasteiger partial charge on any atom is -0.305 e. The summed E-state index contributed by atoms with van der Waals surface area (Å²) in [6.45, 7) is 14.5. The first-order chi connectivity index (χ1) is 23.1. The van der Waals surface area contributed by atoms with Gasteiger partial charge in [-0.1, -0.05) is 132 Å². The van der Waals surface area contributed by atoms with E-state index in [4.69, 9.17) is 9.97 Å². The molecule has 1 saturated carbocycles. The van der Waals surface area contributed by atoms with E-state index >= 15 is 0 Å². The Morgan fingerprint density at radius 1 is 0.653 bits per heavy atom. The predicted octanol–water partition coefficient (Wildman–Crippen LogP) is 10.5. The SMILES string of the molecule is C[Si](C)(C)c1cnc(-c2[c-]cc3c(c2)CCCC3)cc1-c1ccccc1.C[Si](C)(C)c1cnc(-c2[c-]cccc2)cc1CC1CCCC1.[Ir]. The molecule has 2 aliphatic rings. The van der Waals surface area contributed by atoms with Gasteiger partial charge in [0, 0.05) is 32.5 Å². The maximum Gasteiger partial charge on any atom is 0.0803 e. The zero-order valence-electron chi connectivity index (χ0n) is 30.3. The van der Waals surface area contributed by atoms with Crippen molar-refractivity contribution in [1.29, 1.82) is 0 Å². The number of fused-ring (bicyclic) bond motifs is 1. The fourth-order valence-electron chi connectivity index (χ4n) is 7.43. The second-order valence-corrected chi connectivity index (χ2v) is 26.0. The Hall–Kier alpha value is -2.96. The topological polar surface area (TPSA) is 25.8 Å². The van der Waals surface area contributed by atoms with Crippen LogP contribution in [0.1, 0.15) is 55.2 Å². The number of rotatable bonds is 7. The van der Waals surface area contributed by atoms with Crippen molar-refractivity contribution in [3.8, 4) is 33.6 Å². The van der Waals surface area contributed by atoms with Crippen LogP contribution >= 0.6 is 0 Å². The molecule has 0 saturated heterocycles. The molecule has 5 heteroatoms. The van der Waals surface area contributed by atoms with Crippen molar-refractivity contribution < 1.29 is 20.1 Å². The van der Waals surface area contributed by atoms with Gasteiger partial charge in [0.2, 0.25) is 0 Å². The molecule has 1 radical (unpaired) electrons. The molecule has 0 spiro atoms. The second-order valence-electron chi connectivity index (χ2n) is 15.9. The van der Waals surface area contributed by atoms with Crippen molar-refractivity contribution in [3.63, 3.8) is 0 Å². The molecule has 0 atom stereocenters. The fraction of sp³-hybridized carbons (Fsp3) is 0.364. The van der Waals surface area contributed by atoms with Crippen LogP contribution in [0, 0.1) is 18.1 Å². The summed E-state index contributed by atoms with van der Waals surface area (Å²) in [4.78, 5) is 9.61. The summed E-state index contributed by atoms with van der Waals surface area (Å²) in [6, 6.07) is 34.8. The van der Waals surface area contributed by atoms with Crippen LogP contribution in [0.5, 0.6) is 0 Å². The number of pyridine rings is 2. The van der Waals surface area contributed by atoms with Crippen molar-refractivity contribution >= 4 is 26.5 Å². The Labute approximate surface area is 311 Å². The third-order valence-electron chi connectivity index (χ3n) is 10.1. The van der Waals surface area contributed by atoms with Gasteiger partial charge in [0.1, 0.15) is 0 Å². The van der Waals surface area contributed by atoms with E-state index in [2.05, 4.69) is 131 Å². The molecule has 0 unspecified atom stereocenters. The Bertz CT molecular complexity index is 1820.